The zero-order chi connectivity index (χ0) is 25.1. The Labute approximate surface area is 221 Å². The molecule has 0 amide bonds. The van der Waals surface area contributed by atoms with E-state index in [-0.39, 0.29) is 6.10 Å². The highest BCUT2D eigenvalue weighted by Gasteiger charge is 2.45. The van der Waals surface area contributed by atoms with E-state index in [1.807, 2.05) is 18.2 Å². The molecule has 8 nitrogen and oxygen atoms in total. The molecule has 1 unspecified atom stereocenters. The number of aromatic nitrogens is 3. The molecular weight excluding hydrogens is 501 g/mol. The van der Waals surface area contributed by atoms with E-state index in [4.69, 9.17) is 37.4 Å². The van der Waals surface area contributed by atoms with Crippen LogP contribution in [0.3, 0.4) is 0 Å². The van der Waals surface area contributed by atoms with Crippen LogP contribution in [0.1, 0.15) is 19.4 Å². The van der Waals surface area contributed by atoms with Crippen LogP contribution in [0.2, 0.25) is 10.0 Å². The normalized spacial score (nSPS) is 22.9. The Morgan fingerprint density at radius 1 is 1.08 bits per heavy atom. The number of hydrogen-bond acceptors (Lipinski definition) is 7. The summed E-state index contributed by atoms with van der Waals surface area (Å²) in [5.41, 5.74) is 1.91. The van der Waals surface area contributed by atoms with Crippen LogP contribution >= 0.6 is 23.2 Å². The summed E-state index contributed by atoms with van der Waals surface area (Å²) < 4.78 is 20.4. The maximum atomic E-state index is 6.53. The topological polar surface area (TPSA) is 64.9 Å². The molecule has 0 aliphatic carbocycles. The lowest BCUT2D eigenvalue weighted by Crippen LogP contribution is -2.48. The number of ether oxygens (including phenoxy) is 3. The van der Waals surface area contributed by atoms with Crippen molar-refractivity contribution in [2.75, 3.05) is 44.3 Å². The lowest BCUT2D eigenvalue weighted by Gasteiger charge is -2.38. The SMILES string of the molecule is CC(C)N1CCN(c2ccc(OCC3CO[C@](Cn4cncn4)(c4ccc(Cl)cc4Cl)O3)cc2)CC1. The fraction of sp³-hybridized carbons (Fsp3) is 0.462. The molecule has 10 heteroatoms. The third kappa shape index (κ3) is 5.63. The van der Waals surface area contributed by atoms with Crippen LogP contribution in [-0.4, -0.2) is 71.2 Å². The maximum absolute atomic E-state index is 6.53. The van der Waals surface area contributed by atoms with E-state index < -0.39 is 5.79 Å². The first-order valence-electron chi connectivity index (χ1n) is 12.2. The largest absolute Gasteiger partial charge is 0.491 e. The Bertz CT molecular complexity index is 1140. The molecule has 3 aromatic rings. The zero-order valence-electron chi connectivity index (χ0n) is 20.5. The summed E-state index contributed by atoms with van der Waals surface area (Å²) in [5.74, 6) is -0.327. The molecular formula is C26H31Cl2N5O3. The molecule has 3 heterocycles. The predicted octanol–water partition coefficient (Wildman–Crippen LogP) is 4.46. The van der Waals surface area contributed by atoms with Gasteiger partial charge in [-0.25, -0.2) is 9.67 Å². The molecule has 0 N–H and O–H groups in total. The van der Waals surface area contributed by atoms with Gasteiger partial charge in [0.05, 0.1) is 11.6 Å². The summed E-state index contributed by atoms with van der Waals surface area (Å²) in [6, 6.07) is 14.1. The molecule has 2 atom stereocenters. The first-order valence-corrected chi connectivity index (χ1v) is 13.0. The van der Waals surface area contributed by atoms with Gasteiger partial charge in [-0.2, -0.15) is 5.10 Å². The van der Waals surface area contributed by atoms with Crippen molar-refractivity contribution in [1.29, 1.82) is 0 Å². The average Bonchev–Trinajstić information content (AvgIpc) is 3.54. The van der Waals surface area contributed by atoms with Crippen LogP contribution in [-0.2, 0) is 21.8 Å². The smallest absolute Gasteiger partial charge is 0.217 e. The maximum Gasteiger partial charge on any atom is 0.217 e. The summed E-state index contributed by atoms with van der Waals surface area (Å²) in [6.07, 6.45) is 2.80. The molecule has 2 fully saturated rings. The Hall–Kier alpha value is -2.36. The van der Waals surface area contributed by atoms with Crippen LogP contribution in [0.4, 0.5) is 5.69 Å². The summed E-state index contributed by atoms with van der Waals surface area (Å²) in [7, 11) is 0. The van der Waals surface area contributed by atoms with Gasteiger partial charge < -0.3 is 19.1 Å². The van der Waals surface area contributed by atoms with Gasteiger partial charge in [-0.3, -0.25) is 4.90 Å². The van der Waals surface area contributed by atoms with Crippen molar-refractivity contribution in [3.63, 3.8) is 0 Å². The number of benzene rings is 2. The van der Waals surface area contributed by atoms with Gasteiger partial charge in [0.15, 0.2) is 0 Å². The molecule has 2 aliphatic rings. The highest BCUT2D eigenvalue weighted by Crippen LogP contribution is 2.40. The Morgan fingerprint density at radius 2 is 1.86 bits per heavy atom. The molecule has 5 rings (SSSR count). The molecule has 0 radical (unpaired) electrons. The van der Waals surface area contributed by atoms with Crippen molar-refractivity contribution in [3.05, 3.63) is 70.7 Å². The van der Waals surface area contributed by atoms with E-state index >= 15 is 0 Å². The zero-order valence-corrected chi connectivity index (χ0v) is 22.0. The van der Waals surface area contributed by atoms with Crippen molar-refractivity contribution in [2.45, 2.75) is 38.3 Å². The number of anilines is 1. The van der Waals surface area contributed by atoms with Crippen LogP contribution < -0.4 is 9.64 Å². The fourth-order valence-electron chi connectivity index (χ4n) is 4.72. The van der Waals surface area contributed by atoms with Gasteiger partial charge in [0, 0.05) is 48.5 Å². The highest BCUT2D eigenvalue weighted by molar-refractivity contribution is 6.35. The third-order valence-corrected chi connectivity index (χ3v) is 7.27. The minimum absolute atomic E-state index is 0.288. The molecule has 1 aromatic heterocycles. The van der Waals surface area contributed by atoms with E-state index in [0.29, 0.717) is 41.4 Å². The lowest BCUT2D eigenvalue weighted by molar-refractivity contribution is -0.190. The summed E-state index contributed by atoms with van der Waals surface area (Å²) >= 11 is 12.7. The van der Waals surface area contributed by atoms with Gasteiger partial charge >= 0.3 is 0 Å². The van der Waals surface area contributed by atoms with Gasteiger partial charge in [-0.1, -0.05) is 29.3 Å². The van der Waals surface area contributed by atoms with Crippen LogP contribution in [0, 0.1) is 0 Å². The second-order valence-corrected chi connectivity index (χ2v) is 10.3. The van der Waals surface area contributed by atoms with E-state index in [1.165, 1.54) is 12.0 Å². The van der Waals surface area contributed by atoms with E-state index in [9.17, 15) is 0 Å². The number of rotatable bonds is 8. The standard InChI is InChI=1S/C26H31Cl2N5O3/c1-19(2)31-9-11-32(12-10-31)21-4-6-22(7-5-21)34-14-23-15-35-26(36-23,16-33-18-29-17-30-33)24-8-3-20(27)13-25(24)28/h3-8,13,17-19,23H,9-12,14-16H2,1-2H3/t23?,26-/m0/s1. The first-order chi connectivity index (χ1) is 17.4. The molecule has 0 spiro atoms. The second kappa shape index (κ2) is 10.9. The van der Waals surface area contributed by atoms with E-state index in [1.54, 1.807) is 23.1 Å². The Morgan fingerprint density at radius 3 is 2.53 bits per heavy atom. The average molecular weight is 532 g/mol. The quantitative estimate of drug-likeness (QED) is 0.425. The summed E-state index contributed by atoms with van der Waals surface area (Å²) in [4.78, 5) is 8.96. The Kier molecular flexibility index (Phi) is 7.69. The van der Waals surface area contributed by atoms with Gasteiger partial charge in [0.1, 0.15) is 37.7 Å². The van der Waals surface area contributed by atoms with Crippen LogP contribution in [0.15, 0.2) is 55.1 Å². The summed E-state index contributed by atoms with van der Waals surface area (Å²) in [5, 5.41) is 5.22. The minimum atomic E-state index is -1.12. The van der Waals surface area contributed by atoms with Crippen molar-refractivity contribution in [3.8, 4) is 5.75 Å². The predicted molar refractivity (Wildman–Crippen MR) is 140 cm³/mol. The van der Waals surface area contributed by atoms with Gasteiger partial charge in [0.2, 0.25) is 5.79 Å². The van der Waals surface area contributed by atoms with E-state index in [0.717, 1.165) is 31.9 Å². The molecule has 2 aliphatic heterocycles. The molecule has 36 heavy (non-hydrogen) atoms. The van der Waals surface area contributed by atoms with Crippen molar-refractivity contribution >= 4 is 28.9 Å². The lowest BCUT2D eigenvalue weighted by atomic mass is 10.1. The van der Waals surface area contributed by atoms with Crippen molar-refractivity contribution in [1.82, 2.24) is 19.7 Å². The van der Waals surface area contributed by atoms with E-state index in [2.05, 4.69) is 45.9 Å². The number of piperazine rings is 1. The second-order valence-electron chi connectivity index (χ2n) is 9.44. The van der Waals surface area contributed by atoms with Gasteiger partial charge in [-0.15, -0.1) is 0 Å². The van der Waals surface area contributed by atoms with Gasteiger partial charge in [-0.05, 0) is 50.2 Å². The van der Waals surface area contributed by atoms with Crippen LogP contribution in [0.5, 0.6) is 5.75 Å². The summed E-state index contributed by atoms with van der Waals surface area (Å²) in [6.45, 7) is 9.74. The molecule has 0 bridgehead atoms. The van der Waals surface area contributed by atoms with Crippen molar-refractivity contribution in [2.24, 2.45) is 0 Å². The third-order valence-electron chi connectivity index (χ3n) is 6.72. The van der Waals surface area contributed by atoms with Crippen molar-refractivity contribution < 1.29 is 14.2 Å². The highest BCUT2D eigenvalue weighted by atomic mass is 35.5. The van der Waals surface area contributed by atoms with Gasteiger partial charge in [0.25, 0.3) is 0 Å². The molecule has 192 valence electrons. The number of halogens is 2. The van der Waals surface area contributed by atoms with Crippen LogP contribution in [0.25, 0.3) is 0 Å². The number of hydrogen-bond donors (Lipinski definition) is 0. The fourth-order valence-corrected chi connectivity index (χ4v) is 5.27. The Balaban J connectivity index is 1.21. The number of nitrogens with zero attached hydrogens (tertiary/aromatic N) is 5. The molecule has 0 saturated carbocycles. The minimum Gasteiger partial charge on any atom is -0.491 e. The molecule has 2 saturated heterocycles. The first kappa shape index (κ1) is 25.3. The monoisotopic (exact) mass is 531 g/mol. The molecule has 2 aromatic carbocycles.